The van der Waals surface area contributed by atoms with Gasteiger partial charge in [0.15, 0.2) is 6.10 Å². The zero-order chi connectivity index (χ0) is 49.3. The number of hydrogen-bond donors (Lipinski definition) is 0. The third-order valence-electron chi connectivity index (χ3n) is 13.3. The number of unbranched alkanes of at least 4 members (excludes halogenated alkanes) is 38. The van der Waals surface area contributed by atoms with E-state index in [4.69, 9.17) is 14.2 Å². The number of esters is 3. The monoisotopic (exact) mass is 955 g/mol. The van der Waals surface area contributed by atoms with Crippen LogP contribution < -0.4 is 0 Å². The van der Waals surface area contributed by atoms with Crippen molar-refractivity contribution in [2.75, 3.05) is 13.2 Å². The van der Waals surface area contributed by atoms with Crippen LogP contribution in [0.25, 0.3) is 0 Å². The van der Waals surface area contributed by atoms with Crippen LogP contribution in [0.15, 0.2) is 36.5 Å². The number of rotatable bonds is 55. The summed E-state index contributed by atoms with van der Waals surface area (Å²) in [7, 11) is 0. The van der Waals surface area contributed by atoms with Crippen molar-refractivity contribution >= 4 is 17.9 Å². The third-order valence-corrected chi connectivity index (χ3v) is 13.3. The molecule has 1 unspecified atom stereocenters. The van der Waals surface area contributed by atoms with Gasteiger partial charge in [0.2, 0.25) is 0 Å². The van der Waals surface area contributed by atoms with Gasteiger partial charge in [0.25, 0.3) is 0 Å². The Kier molecular flexibility index (Phi) is 55.2. The molecule has 68 heavy (non-hydrogen) atoms. The van der Waals surface area contributed by atoms with Gasteiger partial charge in [0.1, 0.15) is 13.2 Å². The summed E-state index contributed by atoms with van der Waals surface area (Å²) in [5.41, 5.74) is 0. The van der Waals surface area contributed by atoms with Crippen molar-refractivity contribution in [3.63, 3.8) is 0 Å². The smallest absolute Gasteiger partial charge is 0.306 e. The maximum atomic E-state index is 12.8. The molecule has 6 heteroatoms. The van der Waals surface area contributed by atoms with Gasteiger partial charge >= 0.3 is 17.9 Å². The van der Waals surface area contributed by atoms with Crippen molar-refractivity contribution in [2.24, 2.45) is 0 Å². The molecule has 0 aliphatic heterocycles. The van der Waals surface area contributed by atoms with Gasteiger partial charge in [0, 0.05) is 19.3 Å². The standard InChI is InChI=1S/C62H114O6/c1-4-7-10-13-16-19-22-24-25-26-27-28-29-30-31-32-33-34-35-36-38-40-43-46-49-52-55-61(64)67-58-59(57-66-60(63)54-51-48-45-42-39-21-18-15-12-9-6-3)68-62(65)56-53-50-47-44-41-37-23-20-17-14-11-8-5-2/h11,14-15,18,20,23,59H,4-10,12-13,16-17,19,21-22,24-58H2,1-3H3/b14-11-,18-15-,23-20-. The molecule has 0 saturated heterocycles. The third kappa shape index (κ3) is 54.6. The highest BCUT2D eigenvalue weighted by atomic mass is 16.6. The fourth-order valence-electron chi connectivity index (χ4n) is 8.82. The van der Waals surface area contributed by atoms with Crippen LogP contribution in [0.5, 0.6) is 0 Å². The minimum atomic E-state index is -0.779. The molecule has 0 aliphatic rings. The number of carbonyl (C=O) groups is 3. The number of carbonyl (C=O) groups excluding carboxylic acids is 3. The van der Waals surface area contributed by atoms with E-state index in [1.54, 1.807) is 0 Å². The number of ether oxygens (including phenoxy) is 3. The molecule has 0 fully saturated rings. The molecule has 0 saturated carbocycles. The molecule has 0 bridgehead atoms. The second-order valence-electron chi connectivity index (χ2n) is 20.3. The van der Waals surface area contributed by atoms with Gasteiger partial charge in [-0.25, -0.2) is 0 Å². The Balaban J connectivity index is 4.15. The maximum absolute atomic E-state index is 12.8. The normalized spacial score (nSPS) is 12.2. The van der Waals surface area contributed by atoms with Gasteiger partial charge < -0.3 is 14.2 Å². The van der Waals surface area contributed by atoms with Crippen molar-refractivity contribution in [2.45, 2.75) is 329 Å². The van der Waals surface area contributed by atoms with Crippen molar-refractivity contribution in [1.82, 2.24) is 0 Å². The van der Waals surface area contributed by atoms with E-state index in [9.17, 15) is 14.4 Å². The summed E-state index contributed by atoms with van der Waals surface area (Å²) in [5.74, 6) is -0.887. The lowest BCUT2D eigenvalue weighted by Gasteiger charge is -2.18. The Labute approximate surface area is 423 Å². The summed E-state index contributed by atoms with van der Waals surface area (Å²) < 4.78 is 16.8. The van der Waals surface area contributed by atoms with E-state index in [0.29, 0.717) is 19.3 Å². The molecule has 6 nitrogen and oxygen atoms in total. The Morgan fingerprint density at radius 1 is 0.294 bits per heavy atom. The van der Waals surface area contributed by atoms with Crippen LogP contribution in [-0.2, 0) is 28.6 Å². The first-order valence-electron chi connectivity index (χ1n) is 30.0. The number of hydrogen-bond acceptors (Lipinski definition) is 6. The van der Waals surface area contributed by atoms with E-state index in [-0.39, 0.29) is 31.1 Å². The van der Waals surface area contributed by atoms with Crippen LogP contribution in [0, 0.1) is 0 Å². The predicted molar refractivity (Wildman–Crippen MR) is 293 cm³/mol. The summed E-state index contributed by atoms with van der Waals surface area (Å²) in [6.07, 6.45) is 68.8. The van der Waals surface area contributed by atoms with Gasteiger partial charge in [0.05, 0.1) is 0 Å². The summed E-state index contributed by atoms with van der Waals surface area (Å²) in [5, 5.41) is 0. The molecule has 0 aliphatic carbocycles. The summed E-state index contributed by atoms with van der Waals surface area (Å²) in [6, 6.07) is 0. The van der Waals surface area contributed by atoms with Crippen LogP contribution in [0.4, 0.5) is 0 Å². The quantitative estimate of drug-likeness (QED) is 0.0262. The van der Waals surface area contributed by atoms with Crippen molar-refractivity contribution in [3.8, 4) is 0 Å². The Morgan fingerprint density at radius 2 is 0.574 bits per heavy atom. The molecule has 0 heterocycles. The summed E-state index contributed by atoms with van der Waals surface area (Å²) in [6.45, 7) is 6.56. The van der Waals surface area contributed by atoms with Crippen LogP contribution in [0.3, 0.4) is 0 Å². The van der Waals surface area contributed by atoms with Crippen LogP contribution >= 0.6 is 0 Å². The molecule has 0 aromatic carbocycles. The highest BCUT2D eigenvalue weighted by Crippen LogP contribution is 2.17. The summed E-state index contributed by atoms with van der Waals surface area (Å²) in [4.78, 5) is 38.1. The zero-order valence-corrected chi connectivity index (χ0v) is 45.6. The van der Waals surface area contributed by atoms with Crippen LogP contribution in [-0.4, -0.2) is 37.2 Å². The van der Waals surface area contributed by atoms with Crippen molar-refractivity contribution < 1.29 is 28.6 Å². The molecule has 398 valence electrons. The minimum absolute atomic E-state index is 0.0772. The molecule has 1 atom stereocenters. The van der Waals surface area contributed by atoms with E-state index in [0.717, 1.165) is 96.3 Å². The van der Waals surface area contributed by atoms with E-state index in [2.05, 4.69) is 57.2 Å². The van der Waals surface area contributed by atoms with Gasteiger partial charge in [-0.1, -0.05) is 276 Å². The van der Waals surface area contributed by atoms with E-state index < -0.39 is 6.10 Å². The highest BCUT2D eigenvalue weighted by molar-refractivity contribution is 5.71. The molecule has 0 aromatic rings. The highest BCUT2D eigenvalue weighted by Gasteiger charge is 2.19. The molecule has 0 amide bonds. The Bertz CT molecular complexity index is 1140. The van der Waals surface area contributed by atoms with E-state index in [1.807, 2.05) is 0 Å². The van der Waals surface area contributed by atoms with Gasteiger partial charge in [-0.15, -0.1) is 0 Å². The molecular formula is C62H114O6. The SMILES string of the molecule is CCC/C=C\C/C=C\CCCCCCCC(=O)OC(COC(=O)CCCCCCC/C=C\CCCC)COC(=O)CCCCCCCCCCCCCCCCCCCCCCCCCCCC. The molecule has 0 aromatic heterocycles. The minimum Gasteiger partial charge on any atom is -0.462 e. The molecule has 0 radical (unpaired) electrons. The lowest BCUT2D eigenvalue weighted by Crippen LogP contribution is -2.30. The van der Waals surface area contributed by atoms with Crippen LogP contribution in [0.2, 0.25) is 0 Å². The molecule has 0 spiro atoms. The average Bonchev–Trinajstić information content (AvgIpc) is 3.34. The topological polar surface area (TPSA) is 78.9 Å². The zero-order valence-electron chi connectivity index (χ0n) is 45.6. The average molecular weight is 956 g/mol. The van der Waals surface area contributed by atoms with Crippen molar-refractivity contribution in [3.05, 3.63) is 36.5 Å². The number of allylic oxidation sites excluding steroid dienone is 6. The largest absolute Gasteiger partial charge is 0.462 e. The van der Waals surface area contributed by atoms with Gasteiger partial charge in [-0.05, 0) is 64.2 Å². The second kappa shape index (κ2) is 57.2. The lowest BCUT2D eigenvalue weighted by atomic mass is 10.0. The first-order chi connectivity index (χ1) is 33.5. The maximum Gasteiger partial charge on any atom is 0.306 e. The molecule has 0 N–H and O–H groups in total. The van der Waals surface area contributed by atoms with Crippen LogP contribution in [0.1, 0.15) is 323 Å². The predicted octanol–water partition coefficient (Wildman–Crippen LogP) is 20.0. The first-order valence-corrected chi connectivity index (χ1v) is 30.0. The van der Waals surface area contributed by atoms with Crippen molar-refractivity contribution in [1.29, 1.82) is 0 Å². The van der Waals surface area contributed by atoms with E-state index in [1.165, 1.54) is 186 Å². The second-order valence-corrected chi connectivity index (χ2v) is 20.3. The Morgan fingerprint density at radius 3 is 0.926 bits per heavy atom. The first kappa shape index (κ1) is 65.6. The molecular weight excluding hydrogens is 841 g/mol. The fourth-order valence-corrected chi connectivity index (χ4v) is 8.82. The van der Waals surface area contributed by atoms with Gasteiger partial charge in [-0.3, -0.25) is 14.4 Å². The van der Waals surface area contributed by atoms with Gasteiger partial charge in [-0.2, -0.15) is 0 Å². The summed E-state index contributed by atoms with van der Waals surface area (Å²) >= 11 is 0. The fraction of sp³-hybridized carbons (Fsp3) is 0.855. The molecule has 0 rings (SSSR count). The lowest BCUT2D eigenvalue weighted by molar-refractivity contribution is -0.167. The van der Waals surface area contributed by atoms with E-state index >= 15 is 0 Å². The Hall–Kier alpha value is -2.37.